The number of aliphatic imine (C=N–C) groups is 1. The van der Waals surface area contributed by atoms with Gasteiger partial charge >= 0.3 is 0 Å². The molecule has 7 heteroatoms. The van der Waals surface area contributed by atoms with E-state index in [1.807, 2.05) is 31.2 Å². The highest BCUT2D eigenvalue weighted by molar-refractivity contribution is 14.0. The molecule has 0 aliphatic carbocycles. The summed E-state index contributed by atoms with van der Waals surface area (Å²) in [4.78, 5) is 18.9. The zero-order valence-electron chi connectivity index (χ0n) is 18.6. The number of nitrogens with zero attached hydrogens (tertiary/aromatic N) is 2. The van der Waals surface area contributed by atoms with Gasteiger partial charge in [-0.15, -0.1) is 24.0 Å². The minimum absolute atomic E-state index is 0. The van der Waals surface area contributed by atoms with Crippen molar-refractivity contribution in [2.24, 2.45) is 4.99 Å². The highest BCUT2D eigenvalue weighted by Crippen LogP contribution is 2.20. The second-order valence-electron chi connectivity index (χ2n) is 7.83. The molecule has 1 aliphatic rings. The summed E-state index contributed by atoms with van der Waals surface area (Å²) in [6, 6.07) is 19.2. The second kappa shape index (κ2) is 12.7. The van der Waals surface area contributed by atoms with Crippen molar-refractivity contribution >= 4 is 35.8 Å². The number of carbonyl (C=O) groups excluding carboxylic acids is 1. The van der Waals surface area contributed by atoms with E-state index in [4.69, 9.17) is 0 Å². The van der Waals surface area contributed by atoms with Crippen LogP contribution in [0.1, 0.15) is 41.8 Å². The minimum Gasteiger partial charge on any atom is -0.352 e. The molecule has 6 nitrogen and oxygen atoms in total. The third kappa shape index (κ3) is 7.50. The Morgan fingerprint density at radius 3 is 2.55 bits per heavy atom. The van der Waals surface area contributed by atoms with Crippen molar-refractivity contribution in [3.05, 3.63) is 71.3 Å². The Kier molecular flexibility index (Phi) is 10.3. The van der Waals surface area contributed by atoms with Gasteiger partial charge in [0.15, 0.2) is 5.96 Å². The van der Waals surface area contributed by atoms with Crippen LogP contribution in [0, 0.1) is 0 Å². The number of rotatable bonds is 7. The van der Waals surface area contributed by atoms with Gasteiger partial charge in [0.2, 0.25) is 0 Å². The predicted octanol–water partition coefficient (Wildman–Crippen LogP) is 3.38. The maximum Gasteiger partial charge on any atom is 0.251 e. The first kappa shape index (κ1) is 25.1. The SMILES string of the molecule is CCNC(=O)c1cccc(CNC(=NC)NC2CC(C)N(Cc3ccccc3)C2)c1.I. The van der Waals surface area contributed by atoms with Crippen molar-refractivity contribution in [2.75, 3.05) is 20.1 Å². The van der Waals surface area contributed by atoms with E-state index in [0.717, 1.165) is 31.0 Å². The Morgan fingerprint density at radius 2 is 1.84 bits per heavy atom. The zero-order valence-corrected chi connectivity index (χ0v) is 20.9. The van der Waals surface area contributed by atoms with Crippen molar-refractivity contribution in [1.82, 2.24) is 20.9 Å². The highest BCUT2D eigenvalue weighted by Gasteiger charge is 2.29. The van der Waals surface area contributed by atoms with Gasteiger partial charge in [0.05, 0.1) is 0 Å². The molecule has 2 aromatic carbocycles. The first-order valence-corrected chi connectivity index (χ1v) is 10.7. The van der Waals surface area contributed by atoms with E-state index in [9.17, 15) is 4.79 Å². The van der Waals surface area contributed by atoms with Crippen LogP contribution in [0.3, 0.4) is 0 Å². The third-order valence-electron chi connectivity index (χ3n) is 5.48. The molecule has 2 aromatic rings. The van der Waals surface area contributed by atoms with Gasteiger partial charge in [-0.05, 0) is 43.5 Å². The average Bonchev–Trinajstić information content (AvgIpc) is 3.10. The Hall–Kier alpha value is -2.13. The number of benzene rings is 2. The van der Waals surface area contributed by atoms with E-state index in [1.54, 1.807) is 7.05 Å². The number of guanidine groups is 1. The quantitative estimate of drug-likeness (QED) is 0.289. The van der Waals surface area contributed by atoms with Gasteiger partial charge < -0.3 is 16.0 Å². The summed E-state index contributed by atoms with van der Waals surface area (Å²) >= 11 is 0. The van der Waals surface area contributed by atoms with Crippen LogP contribution >= 0.6 is 24.0 Å². The van der Waals surface area contributed by atoms with E-state index in [-0.39, 0.29) is 29.9 Å². The summed E-state index contributed by atoms with van der Waals surface area (Å²) in [5, 5.41) is 9.78. The second-order valence-corrected chi connectivity index (χ2v) is 7.83. The molecule has 0 spiro atoms. The summed E-state index contributed by atoms with van der Waals surface area (Å²) in [5.74, 6) is 0.748. The van der Waals surface area contributed by atoms with Gasteiger partial charge in [-0.3, -0.25) is 14.7 Å². The number of hydrogen-bond acceptors (Lipinski definition) is 3. The molecule has 1 aliphatic heterocycles. The van der Waals surface area contributed by atoms with Crippen LogP contribution in [0.4, 0.5) is 0 Å². The molecule has 3 rings (SSSR count). The molecule has 2 atom stereocenters. The molecule has 0 bridgehead atoms. The molecular weight excluding hydrogens is 501 g/mol. The molecular formula is C24H34IN5O. The fourth-order valence-electron chi connectivity index (χ4n) is 3.90. The first-order chi connectivity index (χ1) is 14.6. The van der Waals surface area contributed by atoms with Crippen LogP contribution in [-0.2, 0) is 13.1 Å². The molecule has 0 radical (unpaired) electrons. The standard InChI is InChI=1S/C24H33N5O.HI/c1-4-26-23(30)21-12-8-11-20(14-21)15-27-24(25-3)28-22-13-18(2)29(17-22)16-19-9-6-5-7-10-19;/h5-12,14,18,22H,4,13,15-17H2,1-3H3,(H,26,30)(H2,25,27,28);1H. The van der Waals surface area contributed by atoms with Gasteiger partial charge in [0.1, 0.15) is 0 Å². The minimum atomic E-state index is -0.0414. The summed E-state index contributed by atoms with van der Waals surface area (Å²) in [7, 11) is 1.79. The van der Waals surface area contributed by atoms with Crippen molar-refractivity contribution in [2.45, 2.75) is 45.4 Å². The molecule has 3 N–H and O–H groups in total. The molecule has 0 saturated carbocycles. The Bertz CT molecular complexity index is 858. The molecule has 1 saturated heterocycles. The first-order valence-electron chi connectivity index (χ1n) is 10.7. The lowest BCUT2D eigenvalue weighted by Crippen LogP contribution is -2.44. The van der Waals surface area contributed by atoms with Crippen LogP contribution in [-0.4, -0.2) is 49.0 Å². The number of carbonyl (C=O) groups is 1. The van der Waals surface area contributed by atoms with Crippen LogP contribution in [0.2, 0.25) is 0 Å². The lowest BCUT2D eigenvalue weighted by molar-refractivity contribution is 0.0955. The third-order valence-corrected chi connectivity index (χ3v) is 5.48. The van der Waals surface area contributed by atoms with E-state index in [1.165, 1.54) is 5.56 Å². The smallest absolute Gasteiger partial charge is 0.251 e. The fourth-order valence-corrected chi connectivity index (χ4v) is 3.90. The van der Waals surface area contributed by atoms with Crippen LogP contribution in [0.25, 0.3) is 0 Å². The number of amides is 1. The summed E-state index contributed by atoms with van der Waals surface area (Å²) in [6.45, 7) is 7.40. The Labute approximate surface area is 202 Å². The molecule has 1 fully saturated rings. The van der Waals surface area contributed by atoms with Crippen LogP contribution in [0.15, 0.2) is 59.6 Å². The molecule has 168 valence electrons. The zero-order chi connectivity index (χ0) is 21.3. The van der Waals surface area contributed by atoms with E-state index < -0.39 is 0 Å². The average molecular weight is 535 g/mol. The largest absolute Gasteiger partial charge is 0.352 e. The lowest BCUT2D eigenvalue weighted by atomic mass is 10.1. The van der Waals surface area contributed by atoms with Crippen molar-refractivity contribution < 1.29 is 4.79 Å². The van der Waals surface area contributed by atoms with Crippen molar-refractivity contribution in [3.63, 3.8) is 0 Å². The van der Waals surface area contributed by atoms with E-state index in [0.29, 0.717) is 30.7 Å². The maximum absolute atomic E-state index is 12.0. The molecule has 1 heterocycles. The summed E-state index contributed by atoms with van der Waals surface area (Å²) in [5.41, 5.74) is 3.08. The van der Waals surface area contributed by atoms with Crippen molar-refractivity contribution in [1.29, 1.82) is 0 Å². The number of nitrogens with one attached hydrogen (secondary N) is 3. The Morgan fingerprint density at radius 1 is 1.10 bits per heavy atom. The van der Waals surface area contributed by atoms with Gasteiger partial charge in [0.25, 0.3) is 5.91 Å². The monoisotopic (exact) mass is 535 g/mol. The predicted molar refractivity (Wildman–Crippen MR) is 138 cm³/mol. The van der Waals surface area contributed by atoms with Crippen LogP contribution < -0.4 is 16.0 Å². The van der Waals surface area contributed by atoms with Gasteiger partial charge in [-0.1, -0.05) is 42.5 Å². The normalized spacial score (nSPS) is 18.9. The van der Waals surface area contributed by atoms with Gasteiger partial charge in [-0.25, -0.2) is 0 Å². The van der Waals surface area contributed by atoms with Crippen molar-refractivity contribution in [3.8, 4) is 0 Å². The maximum atomic E-state index is 12.0. The number of hydrogen-bond donors (Lipinski definition) is 3. The van der Waals surface area contributed by atoms with Gasteiger partial charge in [-0.2, -0.15) is 0 Å². The van der Waals surface area contributed by atoms with Crippen LogP contribution in [0.5, 0.6) is 0 Å². The molecule has 0 aromatic heterocycles. The number of halogens is 1. The fraction of sp³-hybridized carbons (Fsp3) is 0.417. The Balaban J connectivity index is 0.00000341. The molecule has 31 heavy (non-hydrogen) atoms. The topological polar surface area (TPSA) is 68.8 Å². The summed E-state index contributed by atoms with van der Waals surface area (Å²) in [6.07, 6.45) is 1.08. The highest BCUT2D eigenvalue weighted by atomic mass is 127. The number of likely N-dealkylation sites (tertiary alicyclic amines) is 1. The molecule has 2 unspecified atom stereocenters. The lowest BCUT2D eigenvalue weighted by Gasteiger charge is -2.21. The van der Waals surface area contributed by atoms with Gasteiger partial charge in [0, 0.05) is 50.9 Å². The molecule has 1 amide bonds. The van der Waals surface area contributed by atoms with E-state index >= 15 is 0 Å². The summed E-state index contributed by atoms with van der Waals surface area (Å²) < 4.78 is 0. The van der Waals surface area contributed by atoms with E-state index in [2.05, 4.69) is 63.1 Å².